The number of benzene rings is 1. The van der Waals surface area contributed by atoms with Crippen LogP contribution in [0, 0.1) is 17.2 Å². The highest BCUT2D eigenvalue weighted by atomic mass is 35.5. The standard InChI is InChI=1S/C18H14ClN5OS2/c19-14-8-21-9-15-16(14)23-18(26-15)24-17(25)13-7-12(13)10-1-3-11(4-2-10)27-22-6-5-20/h1-4,8-9,12-13,22H,6-7H2,(H,23,24,25). The summed E-state index contributed by atoms with van der Waals surface area (Å²) in [5.74, 6) is 0.175. The van der Waals surface area contributed by atoms with E-state index in [-0.39, 0.29) is 17.7 Å². The number of nitriles is 1. The first-order valence-electron chi connectivity index (χ1n) is 8.23. The van der Waals surface area contributed by atoms with Gasteiger partial charge in [0.05, 0.1) is 22.3 Å². The summed E-state index contributed by atoms with van der Waals surface area (Å²) in [7, 11) is 0. The average molecular weight is 416 g/mol. The van der Waals surface area contributed by atoms with E-state index in [4.69, 9.17) is 16.9 Å². The molecule has 0 radical (unpaired) electrons. The van der Waals surface area contributed by atoms with E-state index in [1.54, 1.807) is 12.4 Å². The van der Waals surface area contributed by atoms with Crippen LogP contribution in [0.4, 0.5) is 5.13 Å². The van der Waals surface area contributed by atoms with E-state index < -0.39 is 0 Å². The van der Waals surface area contributed by atoms with Crippen molar-refractivity contribution in [3.8, 4) is 6.07 Å². The lowest BCUT2D eigenvalue weighted by Crippen LogP contribution is -2.14. The van der Waals surface area contributed by atoms with Crippen LogP contribution in [0.3, 0.4) is 0 Å². The Morgan fingerprint density at radius 3 is 2.93 bits per heavy atom. The number of nitrogens with zero attached hydrogens (tertiary/aromatic N) is 3. The van der Waals surface area contributed by atoms with Crippen molar-refractivity contribution in [1.82, 2.24) is 14.7 Å². The van der Waals surface area contributed by atoms with Crippen molar-refractivity contribution in [2.75, 3.05) is 11.9 Å². The maximum Gasteiger partial charge on any atom is 0.229 e. The highest BCUT2D eigenvalue weighted by Crippen LogP contribution is 2.48. The number of fused-ring (bicyclic) bond motifs is 1. The maximum absolute atomic E-state index is 12.5. The Morgan fingerprint density at radius 1 is 1.37 bits per heavy atom. The van der Waals surface area contributed by atoms with E-state index >= 15 is 0 Å². The van der Waals surface area contributed by atoms with E-state index in [0.717, 1.165) is 21.6 Å². The van der Waals surface area contributed by atoms with Gasteiger partial charge in [0.2, 0.25) is 5.91 Å². The van der Waals surface area contributed by atoms with Crippen molar-refractivity contribution >= 4 is 56.1 Å². The van der Waals surface area contributed by atoms with Gasteiger partial charge in [-0.05, 0) is 42.0 Å². The molecule has 4 rings (SSSR count). The molecule has 1 amide bonds. The minimum Gasteiger partial charge on any atom is -0.302 e. The summed E-state index contributed by atoms with van der Waals surface area (Å²) in [6.45, 7) is 0.296. The number of nitrogens with one attached hydrogen (secondary N) is 2. The maximum atomic E-state index is 12.5. The molecule has 1 aliphatic rings. The smallest absolute Gasteiger partial charge is 0.229 e. The number of pyridine rings is 1. The number of aromatic nitrogens is 2. The minimum absolute atomic E-state index is 0.0164. The third kappa shape index (κ3) is 4.06. The van der Waals surface area contributed by atoms with Crippen LogP contribution in [0.2, 0.25) is 5.02 Å². The highest BCUT2D eigenvalue weighted by molar-refractivity contribution is 7.97. The molecule has 0 bridgehead atoms. The fourth-order valence-electron chi connectivity index (χ4n) is 2.86. The number of rotatable bonds is 6. The number of hydrogen-bond donors (Lipinski definition) is 2. The van der Waals surface area contributed by atoms with Crippen LogP contribution >= 0.6 is 34.9 Å². The zero-order valence-corrected chi connectivity index (χ0v) is 16.4. The monoisotopic (exact) mass is 415 g/mol. The minimum atomic E-state index is -0.0409. The third-order valence-corrected chi connectivity index (χ3v) is 6.24. The Labute approximate surface area is 169 Å². The van der Waals surface area contributed by atoms with E-state index in [1.807, 2.05) is 30.3 Å². The molecular weight excluding hydrogens is 402 g/mol. The van der Waals surface area contributed by atoms with E-state index in [9.17, 15) is 4.79 Å². The largest absolute Gasteiger partial charge is 0.302 e. The molecule has 2 unspecified atom stereocenters. The predicted molar refractivity (Wildman–Crippen MR) is 108 cm³/mol. The lowest BCUT2D eigenvalue weighted by molar-refractivity contribution is -0.117. The van der Waals surface area contributed by atoms with Gasteiger partial charge in [0.15, 0.2) is 5.13 Å². The fourth-order valence-corrected chi connectivity index (χ4v) is 4.56. The van der Waals surface area contributed by atoms with Crippen molar-refractivity contribution in [3.05, 3.63) is 47.2 Å². The molecule has 2 N–H and O–H groups in total. The van der Waals surface area contributed by atoms with Gasteiger partial charge in [-0.2, -0.15) is 5.26 Å². The Bertz CT molecular complexity index is 1030. The second-order valence-electron chi connectivity index (χ2n) is 6.08. The molecule has 1 aromatic carbocycles. The molecule has 136 valence electrons. The van der Waals surface area contributed by atoms with Gasteiger partial charge in [0.25, 0.3) is 0 Å². The predicted octanol–water partition coefficient (Wildman–Crippen LogP) is 4.21. The summed E-state index contributed by atoms with van der Waals surface area (Å²) in [5, 5.41) is 12.5. The Balaban J connectivity index is 1.37. The lowest BCUT2D eigenvalue weighted by Gasteiger charge is -2.04. The Morgan fingerprint density at radius 2 is 2.19 bits per heavy atom. The van der Waals surface area contributed by atoms with Crippen LogP contribution in [-0.2, 0) is 4.79 Å². The van der Waals surface area contributed by atoms with Crippen LogP contribution in [0.1, 0.15) is 17.9 Å². The van der Waals surface area contributed by atoms with Crippen LogP contribution in [0.25, 0.3) is 10.2 Å². The average Bonchev–Trinajstić information content (AvgIpc) is 3.36. The van der Waals surface area contributed by atoms with Gasteiger partial charge in [-0.1, -0.05) is 35.1 Å². The van der Waals surface area contributed by atoms with Crippen molar-refractivity contribution < 1.29 is 4.79 Å². The van der Waals surface area contributed by atoms with Gasteiger partial charge in [0.1, 0.15) is 5.52 Å². The molecule has 27 heavy (non-hydrogen) atoms. The van der Waals surface area contributed by atoms with Crippen LogP contribution in [0.5, 0.6) is 0 Å². The van der Waals surface area contributed by atoms with Gasteiger partial charge >= 0.3 is 0 Å². The normalized spacial score (nSPS) is 18.2. The molecule has 3 aromatic rings. The van der Waals surface area contributed by atoms with Crippen LogP contribution in [0.15, 0.2) is 41.6 Å². The first kappa shape index (κ1) is 18.2. The van der Waals surface area contributed by atoms with Gasteiger partial charge in [-0.15, -0.1) is 0 Å². The summed E-state index contributed by atoms with van der Waals surface area (Å²) in [5.41, 5.74) is 1.81. The number of carbonyl (C=O) groups excluding carboxylic acids is 1. The first-order chi connectivity index (χ1) is 13.2. The SMILES string of the molecule is N#CCNSc1ccc(C2CC2C(=O)Nc2nc3c(Cl)cncc3s2)cc1. The molecule has 1 aliphatic carbocycles. The molecular formula is C18H14ClN5OS2. The van der Waals surface area contributed by atoms with Gasteiger partial charge in [-0.3, -0.25) is 9.78 Å². The molecule has 2 atom stereocenters. The quantitative estimate of drug-likeness (QED) is 0.356. The second-order valence-corrected chi connectivity index (χ2v) is 8.48. The number of amides is 1. The van der Waals surface area contributed by atoms with Gasteiger partial charge in [-0.25, -0.2) is 9.71 Å². The van der Waals surface area contributed by atoms with Crippen molar-refractivity contribution in [2.24, 2.45) is 5.92 Å². The van der Waals surface area contributed by atoms with Crippen molar-refractivity contribution in [2.45, 2.75) is 17.2 Å². The number of thiazole rings is 1. The van der Waals surface area contributed by atoms with E-state index in [1.165, 1.54) is 23.3 Å². The Kier molecular flexibility index (Phi) is 5.27. The molecule has 1 saturated carbocycles. The number of hydrogen-bond acceptors (Lipinski definition) is 7. The zero-order valence-electron chi connectivity index (χ0n) is 14.0. The number of carbonyl (C=O) groups is 1. The Hall–Kier alpha value is -2.18. The summed E-state index contributed by atoms with van der Waals surface area (Å²) >= 11 is 8.88. The van der Waals surface area contributed by atoms with Crippen LogP contribution < -0.4 is 10.0 Å². The molecule has 1 fully saturated rings. The second kappa shape index (κ2) is 7.82. The van der Waals surface area contributed by atoms with Gasteiger partial charge < -0.3 is 5.32 Å². The molecule has 0 spiro atoms. The molecule has 0 aliphatic heterocycles. The summed E-state index contributed by atoms with van der Waals surface area (Å²) in [4.78, 5) is 22.0. The molecule has 2 aromatic heterocycles. The fraction of sp³-hybridized carbons (Fsp3) is 0.222. The van der Waals surface area contributed by atoms with E-state index in [2.05, 4.69) is 20.0 Å². The number of anilines is 1. The molecule has 2 heterocycles. The third-order valence-electron chi connectivity index (χ3n) is 4.27. The van der Waals surface area contributed by atoms with Crippen molar-refractivity contribution in [3.63, 3.8) is 0 Å². The molecule has 9 heteroatoms. The first-order valence-corrected chi connectivity index (χ1v) is 10.2. The summed E-state index contributed by atoms with van der Waals surface area (Å²) in [6, 6.07) is 10.1. The topological polar surface area (TPSA) is 90.7 Å². The highest BCUT2D eigenvalue weighted by Gasteiger charge is 2.44. The lowest BCUT2D eigenvalue weighted by atomic mass is 10.1. The van der Waals surface area contributed by atoms with Gasteiger partial charge in [0, 0.05) is 23.2 Å². The van der Waals surface area contributed by atoms with Crippen molar-refractivity contribution in [1.29, 1.82) is 5.26 Å². The molecule has 0 saturated heterocycles. The zero-order chi connectivity index (χ0) is 18.8. The summed E-state index contributed by atoms with van der Waals surface area (Å²) < 4.78 is 3.81. The summed E-state index contributed by atoms with van der Waals surface area (Å²) in [6.07, 6.45) is 4.07. The molecule has 6 nitrogen and oxygen atoms in total. The van der Waals surface area contributed by atoms with Crippen LogP contribution in [-0.4, -0.2) is 22.4 Å². The number of halogens is 1. The van der Waals surface area contributed by atoms with E-state index in [0.29, 0.717) is 22.2 Å².